The molecule has 0 unspecified atom stereocenters. The number of nitrogens with one attached hydrogen (secondary N) is 1. The van der Waals surface area contributed by atoms with E-state index in [1.165, 1.54) is 6.92 Å². The number of carbonyl (C=O) groups excluding carboxylic acids is 1. The van der Waals surface area contributed by atoms with Gasteiger partial charge in [-0.2, -0.15) is 0 Å². The zero-order valence-electron chi connectivity index (χ0n) is 9.16. The summed E-state index contributed by atoms with van der Waals surface area (Å²) >= 11 is 0. The van der Waals surface area contributed by atoms with Gasteiger partial charge in [-0.25, -0.2) is 0 Å². The van der Waals surface area contributed by atoms with Gasteiger partial charge >= 0.3 is 0 Å². The van der Waals surface area contributed by atoms with Crippen molar-refractivity contribution in [1.82, 2.24) is 30.7 Å². The SMILES string of the molecule is CC(=O)NCc1nnc(-c2ccccn2)nn1. The Morgan fingerprint density at radius 2 is 2.00 bits per heavy atom. The van der Waals surface area contributed by atoms with Crippen molar-refractivity contribution >= 4 is 5.91 Å². The Balaban J connectivity index is 2.11. The maximum atomic E-state index is 10.7. The summed E-state index contributed by atoms with van der Waals surface area (Å²) in [6.45, 7) is 1.64. The normalized spacial score (nSPS) is 9.94. The number of hydrogen-bond acceptors (Lipinski definition) is 6. The van der Waals surface area contributed by atoms with Crippen LogP contribution < -0.4 is 5.32 Å². The zero-order valence-corrected chi connectivity index (χ0v) is 9.16. The zero-order chi connectivity index (χ0) is 12.1. The molecule has 86 valence electrons. The van der Waals surface area contributed by atoms with Crippen molar-refractivity contribution in [2.24, 2.45) is 0 Å². The van der Waals surface area contributed by atoms with Crippen LogP contribution >= 0.6 is 0 Å². The Labute approximate surface area is 97.3 Å². The fourth-order valence-corrected chi connectivity index (χ4v) is 1.12. The first-order valence-corrected chi connectivity index (χ1v) is 4.98. The molecule has 0 aliphatic heterocycles. The summed E-state index contributed by atoms with van der Waals surface area (Å²) in [6.07, 6.45) is 1.64. The third-order valence-corrected chi connectivity index (χ3v) is 1.91. The third kappa shape index (κ3) is 3.00. The molecule has 2 aromatic rings. The van der Waals surface area contributed by atoms with Gasteiger partial charge in [0, 0.05) is 13.1 Å². The predicted molar refractivity (Wildman–Crippen MR) is 58.4 cm³/mol. The third-order valence-electron chi connectivity index (χ3n) is 1.91. The number of carbonyl (C=O) groups is 1. The molecular formula is C10H10N6O. The van der Waals surface area contributed by atoms with Crippen LogP contribution in [0.2, 0.25) is 0 Å². The first kappa shape index (κ1) is 11.1. The summed E-state index contributed by atoms with van der Waals surface area (Å²) in [6, 6.07) is 5.40. The van der Waals surface area contributed by atoms with Crippen molar-refractivity contribution in [3.05, 3.63) is 30.2 Å². The van der Waals surface area contributed by atoms with E-state index in [-0.39, 0.29) is 12.5 Å². The van der Waals surface area contributed by atoms with Gasteiger partial charge in [0.1, 0.15) is 5.69 Å². The average molecular weight is 230 g/mol. The summed E-state index contributed by atoms with van der Waals surface area (Å²) in [4.78, 5) is 14.8. The van der Waals surface area contributed by atoms with Gasteiger partial charge < -0.3 is 5.32 Å². The Morgan fingerprint density at radius 1 is 1.24 bits per heavy atom. The van der Waals surface area contributed by atoms with Crippen LogP contribution in [0.5, 0.6) is 0 Å². The molecule has 2 aromatic heterocycles. The number of aromatic nitrogens is 5. The topological polar surface area (TPSA) is 93.6 Å². The van der Waals surface area contributed by atoms with Crippen molar-refractivity contribution in [2.45, 2.75) is 13.5 Å². The first-order valence-electron chi connectivity index (χ1n) is 4.98. The van der Waals surface area contributed by atoms with Crippen LogP contribution in [-0.2, 0) is 11.3 Å². The van der Waals surface area contributed by atoms with Crippen molar-refractivity contribution in [3.63, 3.8) is 0 Å². The number of hydrogen-bond donors (Lipinski definition) is 1. The van der Waals surface area contributed by atoms with Crippen LogP contribution in [0.3, 0.4) is 0 Å². The molecule has 1 N–H and O–H groups in total. The molecule has 0 saturated carbocycles. The minimum absolute atomic E-state index is 0.151. The summed E-state index contributed by atoms with van der Waals surface area (Å²) in [5.41, 5.74) is 0.610. The highest BCUT2D eigenvalue weighted by atomic mass is 16.1. The van der Waals surface area contributed by atoms with Gasteiger partial charge in [-0.3, -0.25) is 9.78 Å². The molecular weight excluding hydrogens is 220 g/mol. The van der Waals surface area contributed by atoms with Gasteiger partial charge in [0.25, 0.3) is 0 Å². The fraction of sp³-hybridized carbons (Fsp3) is 0.200. The first-order chi connectivity index (χ1) is 8.25. The van der Waals surface area contributed by atoms with E-state index < -0.39 is 0 Å². The Hall–Kier alpha value is -2.44. The van der Waals surface area contributed by atoms with Crippen molar-refractivity contribution in [1.29, 1.82) is 0 Å². The second kappa shape index (κ2) is 5.06. The molecule has 0 fully saturated rings. The lowest BCUT2D eigenvalue weighted by Gasteiger charge is -2.00. The van der Waals surface area contributed by atoms with Crippen molar-refractivity contribution in [2.75, 3.05) is 0 Å². The average Bonchev–Trinajstić information content (AvgIpc) is 2.38. The van der Waals surface area contributed by atoms with E-state index in [0.717, 1.165) is 0 Å². The lowest BCUT2D eigenvalue weighted by Crippen LogP contribution is -2.21. The van der Waals surface area contributed by atoms with Gasteiger partial charge in [0.2, 0.25) is 11.7 Å². The maximum absolute atomic E-state index is 10.7. The van der Waals surface area contributed by atoms with E-state index in [1.54, 1.807) is 18.3 Å². The Morgan fingerprint density at radius 3 is 2.59 bits per heavy atom. The molecule has 0 radical (unpaired) electrons. The largest absolute Gasteiger partial charge is 0.349 e. The Bertz CT molecular complexity index is 498. The second-order valence-corrected chi connectivity index (χ2v) is 3.26. The quantitative estimate of drug-likeness (QED) is 0.795. The summed E-state index contributed by atoms with van der Waals surface area (Å²) in [5.74, 6) is 0.569. The van der Waals surface area contributed by atoms with Crippen LogP contribution in [0, 0.1) is 0 Å². The second-order valence-electron chi connectivity index (χ2n) is 3.26. The van der Waals surface area contributed by atoms with E-state index >= 15 is 0 Å². The standard InChI is InChI=1S/C10H10N6O/c1-7(17)12-6-9-13-15-10(16-14-9)8-4-2-3-5-11-8/h2-5H,6H2,1H3,(H,12,17). The molecule has 0 spiro atoms. The minimum Gasteiger partial charge on any atom is -0.349 e. The lowest BCUT2D eigenvalue weighted by atomic mass is 10.3. The van der Waals surface area contributed by atoms with E-state index in [4.69, 9.17) is 0 Å². The smallest absolute Gasteiger partial charge is 0.221 e. The molecule has 0 saturated heterocycles. The lowest BCUT2D eigenvalue weighted by molar-refractivity contribution is -0.119. The van der Waals surface area contributed by atoms with E-state index in [0.29, 0.717) is 17.3 Å². The van der Waals surface area contributed by atoms with E-state index in [9.17, 15) is 4.79 Å². The van der Waals surface area contributed by atoms with Gasteiger partial charge in [-0.05, 0) is 12.1 Å². The summed E-state index contributed by atoms with van der Waals surface area (Å²) in [5, 5.41) is 18.0. The minimum atomic E-state index is -0.151. The Kier molecular flexibility index (Phi) is 3.29. The molecule has 7 heteroatoms. The summed E-state index contributed by atoms with van der Waals surface area (Å²) < 4.78 is 0. The monoisotopic (exact) mass is 230 g/mol. The van der Waals surface area contributed by atoms with E-state index in [1.807, 2.05) is 6.07 Å². The van der Waals surface area contributed by atoms with Crippen LogP contribution in [0.1, 0.15) is 12.7 Å². The van der Waals surface area contributed by atoms with E-state index in [2.05, 4.69) is 30.7 Å². The van der Waals surface area contributed by atoms with Gasteiger partial charge in [-0.1, -0.05) is 6.07 Å². The summed E-state index contributed by atoms with van der Waals surface area (Å²) in [7, 11) is 0. The van der Waals surface area contributed by atoms with Crippen LogP contribution in [-0.4, -0.2) is 31.3 Å². The molecule has 0 aliphatic rings. The molecule has 0 aromatic carbocycles. The molecule has 0 aliphatic carbocycles. The molecule has 7 nitrogen and oxygen atoms in total. The molecule has 0 bridgehead atoms. The number of rotatable bonds is 3. The fourth-order valence-electron chi connectivity index (χ4n) is 1.12. The van der Waals surface area contributed by atoms with Gasteiger partial charge in [0.05, 0.1) is 6.54 Å². The predicted octanol–water partition coefficient (Wildman–Crippen LogP) is -0.0353. The van der Waals surface area contributed by atoms with Gasteiger partial charge in [0.15, 0.2) is 5.82 Å². The van der Waals surface area contributed by atoms with Crippen LogP contribution in [0.25, 0.3) is 11.5 Å². The van der Waals surface area contributed by atoms with Crippen molar-refractivity contribution in [3.8, 4) is 11.5 Å². The highest BCUT2D eigenvalue weighted by Crippen LogP contribution is 2.06. The highest BCUT2D eigenvalue weighted by molar-refractivity contribution is 5.72. The van der Waals surface area contributed by atoms with Crippen LogP contribution in [0.4, 0.5) is 0 Å². The number of pyridine rings is 1. The van der Waals surface area contributed by atoms with Gasteiger partial charge in [-0.15, -0.1) is 20.4 Å². The number of amides is 1. The molecule has 17 heavy (non-hydrogen) atoms. The molecule has 1 amide bonds. The maximum Gasteiger partial charge on any atom is 0.221 e. The molecule has 2 heterocycles. The molecule has 0 atom stereocenters. The van der Waals surface area contributed by atoms with Crippen molar-refractivity contribution < 1.29 is 4.79 Å². The number of nitrogens with zero attached hydrogens (tertiary/aromatic N) is 5. The highest BCUT2D eigenvalue weighted by Gasteiger charge is 2.05. The molecule has 2 rings (SSSR count). The van der Waals surface area contributed by atoms with Crippen LogP contribution in [0.15, 0.2) is 24.4 Å².